The molecule has 5 heteroatoms. The third-order valence-electron chi connectivity index (χ3n) is 4.49. The van der Waals surface area contributed by atoms with E-state index in [-0.39, 0.29) is 17.9 Å². The molecule has 0 heterocycles. The average Bonchev–Trinajstić information content (AvgIpc) is 3.10. The van der Waals surface area contributed by atoms with Crippen molar-refractivity contribution in [2.45, 2.75) is 63.3 Å². The van der Waals surface area contributed by atoms with Crippen LogP contribution in [0.1, 0.15) is 62.7 Å². The van der Waals surface area contributed by atoms with Gasteiger partial charge in [0.15, 0.2) is 0 Å². The summed E-state index contributed by atoms with van der Waals surface area (Å²) in [6.45, 7) is 4.60. The summed E-state index contributed by atoms with van der Waals surface area (Å²) in [4.78, 5) is 25.1. The molecule has 25 heavy (non-hydrogen) atoms. The van der Waals surface area contributed by atoms with Crippen LogP contribution in [0.5, 0.6) is 0 Å². The van der Waals surface area contributed by atoms with Gasteiger partial charge < -0.3 is 10.6 Å². The molecule has 0 aromatic heterocycles. The van der Waals surface area contributed by atoms with E-state index in [1.165, 1.54) is 43.9 Å². The number of hydrogen-bond acceptors (Lipinski definition) is 3. The van der Waals surface area contributed by atoms with Gasteiger partial charge in [-0.2, -0.15) is 0 Å². The Morgan fingerprint density at radius 3 is 2.64 bits per heavy atom. The Balaban J connectivity index is 1.79. The largest absolute Gasteiger partial charge is 0.353 e. The second-order valence-electron chi connectivity index (χ2n) is 7.06. The summed E-state index contributed by atoms with van der Waals surface area (Å²) < 4.78 is 0. The van der Waals surface area contributed by atoms with Crippen molar-refractivity contribution >= 4 is 23.6 Å². The highest BCUT2D eigenvalue weighted by Gasteiger charge is 2.15. The Hall–Kier alpha value is -1.49. The molecule has 0 unspecified atom stereocenters. The van der Waals surface area contributed by atoms with Gasteiger partial charge in [0.05, 0.1) is 11.3 Å². The molecule has 0 bridgehead atoms. The zero-order valence-corrected chi connectivity index (χ0v) is 16.2. The number of nitrogens with one attached hydrogen (secondary N) is 2. The van der Waals surface area contributed by atoms with Gasteiger partial charge in [0, 0.05) is 17.5 Å². The maximum absolute atomic E-state index is 12.5. The van der Waals surface area contributed by atoms with Crippen LogP contribution >= 0.6 is 11.8 Å². The van der Waals surface area contributed by atoms with E-state index in [9.17, 15) is 9.59 Å². The van der Waals surface area contributed by atoms with Crippen LogP contribution in [-0.2, 0) is 4.79 Å². The van der Waals surface area contributed by atoms with Gasteiger partial charge in [0.25, 0.3) is 5.91 Å². The normalized spacial score (nSPS) is 14.7. The van der Waals surface area contributed by atoms with E-state index in [1.807, 2.05) is 38.1 Å². The van der Waals surface area contributed by atoms with E-state index in [0.29, 0.717) is 11.3 Å². The Kier molecular flexibility index (Phi) is 8.32. The molecule has 4 nitrogen and oxygen atoms in total. The molecule has 0 radical (unpaired) electrons. The molecule has 0 atom stereocenters. The quantitative estimate of drug-likeness (QED) is 0.515. The molecule has 1 fully saturated rings. The number of hydrogen-bond donors (Lipinski definition) is 2. The van der Waals surface area contributed by atoms with E-state index in [2.05, 4.69) is 10.6 Å². The van der Waals surface area contributed by atoms with Crippen LogP contribution in [0, 0.1) is 5.92 Å². The molecule has 1 saturated carbocycles. The molecule has 1 aromatic carbocycles. The summed E-state index contributed by atoms with van der Waals surface area (Å²) in [5, 5.41) is 5.90. The minimum absolute atomic E-state index is 0.00762. The Bertz CT molecular complexity index is 569. The molecule has 2 amide bonds. The molecular weight excluding hydrogens is 332 g/mol. The van der Waals surface area contributed by atoms with Gasteiger partial charge in [-0.1, -0.05) is 37.8 Å². The lowest BCUT2D eigenvalue weighted by Crippen LogP contribution is -2.31. The molecule has 2 N–H and O–H groups in total. The first kappa shape index (κ1) is 19.8. The molecule has 0 aliphatic heterocycles. The van der Waals surface area contributed by atoms with Crippen molar-refractivity contribution in [3.63, 3.8) is 0 Å². The predicted octanol–water partition coefficient (Wildman–Crippen LogP) is 4.00. The summed E-state index contributed by atoms with van der Waals surface area (Å²) in [6.07, 6.45) is 7.70. The molecule has 0 spiro atoms. The first-order valence-corrected chi connectivity index (χ1v) is 10.3. The second-order valence-corrected chi connectivity index (χ2v) is 8.07. The van der Waals surface area contributed by atoms with Crippen molar-refractivity contribution in [3.05, 3.63) is 29.8 Å². The molecule has 1 aromatic rings. The third kappa shape index (κ3) is 7.10. The highest BCUT2D eigenvalue weighted by Crippen LogP contribution is 2.28. The van der Waals surface area contributed by atoms with Crippen molar-refractivity contribution in [1.29, 1.82) is 0 Å². The van der Waals surface area contributed by atoms with Gasteiger partial charge in [0.1, 0.15) is 0 Å². The summed E-state index contributed by atoms with van der Waals surface area (Å²) in [5.74, 6) is 1.13. The summed E-state index contributed by atoms with van der Waals surface area (Å²) in [6, 6.07) is 7.63. The van der Waals surface area contributed by atoms with E-state index >= 15 is 0 Å². The zero-order valence-electron chi connectivity index (χ0n) is 15.3. The highest BCUT2D eigenvalue weighted by atomic mass is 32.2. The zero-order chi connectivity index (χ0) is 18.1. The topological polar surface area (TPSA) is 58.2 Å². The first-order valence-electron chi connectivity index (χ1n) is 9.35. The number of carbonyl (C=O) groups is 2. The Morgan fingerprint density at radius 2 is 1.92 bits per heavy atom. The van der Waals surface area contributed by atoms with Crippen molar-refractivity contribution in [1.82, 2.24) is 10.6 Å². The fourth-order valence-electron chi connectivity index (χ4n) is 3.27. The van der Waals surface area contributed by atoms with Crippen LogP contribution < -0.4 is 10.6 Å². The highest BCUT2D eigenvalue weighted by molar-refractivity contribution is 8.00. The molecule has 2 rings (SSSR count). The van der Waals surface area contributed by atoms with Crippen LogP contribution in [0.15, 0.2) is 29.2 Å². The first-order chi connectivity index (χ1) is 12.1. The van der Waals surface area contributed by atoms with Gasteiger partial charge in [0.2, 0.25) is 5.91 Å². The van der Waals surface area contributed by atoms with Crippen molar-refractivity contribution < 1.29 is 9.59 Å². The minimum atomic E-state index is -0.0428. The van der Waals surface area contributed by atoms with Crippen LogP contribution in [0.25, 0.3) is 0 Å². The number of rotatable bonds is 9. The SMILES string of the molecule is CC(C)NC(=O)CSc1ccccc1C(=O)NCCCC1CCCC1. The van der Waals surface area contributed by atoms with Gasteiger partial charge in [-0.15, -0.1) is 11.8 Å². The molecule has 1 aliphatic carbocycles. The smallest absolute Gasteiger partial charge is 0.252 e. The van der Waals surface area contributed by atoms with Gasteiger partial charge in [-0.05, 0) is 44.7 Å². The lowest BCUT2D eigenvalue weighted by Gasteiger charge is -2.12. The van der Waals surface area contributed by atoms with E-state index in [4.69, 9.17) is 0 Å². The van der Waals surface area contributed by atoms with Crippen molar-refractivity contribution in [2.75, 3.05) is 12.3 Å². The van der Waals surface area contributed by atoms with Crippen LogP contribution in [0.4, 0.5) is 0 Å². The van der Waals surface area contributed by atoms with Crippen LogP contribution in [0.2, 0.25) is 0 Å². The van der Waals surface area contributed by atoms with Crippen molar-refractivity contribution in [2.24, 2.45) is 5.92 Å². The fourth-order valence-corrected chi connectivity index (χ4v) is 4.13. The van der Waals surface area contributed by atoms with Crippen LogP contribution in [-0.4, -0.2) is 30.2 Å². The maximum Gasteiger partial charge on any atom is 0.252 e. The molecule has 1 aliphatic rings. The van der Waals surface area contributed by atoms with Gasteiger partial charge >= 0.3 is 0 Å². The fraction of sp³-hybridized carbons (Fsp3) is 0.600. The van der Waals surface area contributed by atoms with Gasteiger partial charge in [-0.25, -0.2) is 0 Å². The Labute approximate surface area is 155 Å². The molecule has 0 saturated heterocycles. The number of thioether (sulfide) groups is 1. The minimum Gasteiger partial charge on any atom is -0.353 e. The monoisotopic (exact) mass is 362 g/mol. The maximum atomic E-state index is 12.5. The molecule has 138 valence electrons. The summed E-state index contributed by atoms with van der Waals surface area (Å²) in [5.41, 5.74) is 0.658. The Morgan fingerprint density at radius 1 is 1.20 bits per heavy atom. The van der Waals surface area contributed by atoms with E-state index in [1.54, 1.807) is 0 Å². The standard InChI is InChI=1S/C20H30N2O2S/c1-15(2)22-19(23)14-25-18-12-6-5-11-17(18)20(24)21-13-7-10-16-8-3-4-9-16/h5-6,11-12,15-16H,3-4,7-10,13-14H2,1-2H3,(H,21,24)(H,22,23). The van der Waals surface area contributed by atoms with Crippen molar-refractivity contribution in [3.8, 4) is 0 Å². The molecular formula is C20H30N2O2S. The average molecular weight is 363 g/mol. The predicted molar refractivity (Wildman–Crippen MR) is 104 cm³/mol. The third-order valence-corrected chi connectivity index (χ3v) is 5.56. The summed E-state index contributed by atoms with van der Waals surface area (Å²) >= 11 is 1.41. The van der Waals surface area contributed by atoms with Gasteiger partial charge in [-0.3, -0.25) is 9.59 Å². The number of benzene rings is 1. The van der Waals surface area contributed by atoms with Crippen LogP contribution in [0.3, 0.4) is 0 Å². The van der Waals surface area contributed by atoms with E-state index < -0.39 is 0 Å². The summed E-state index contributed by atoms with van der Waals surface area (Å²) in [7, 11) is 0. The lowest BCUT2D eigenvalue weighted by atomic mass is 10.0. The number of carbonyl (C=O) groups excluding carboxylic acids is 2. The number of amides is 2. The second kappa shape index (κ2) is 10.5. The lowest BCUT2D eigenvalue weighted by molar-refractivity contribution is -0.119. The van der Waals surface area contributed by atoms with E-state index in [0.717, 1.165) is 23.8 Å².